The number of Topliss-reactive ketones (excluding diaryl/α,β-unsaturated/α-hetero) is 1. The number of hydrogen-bond donors (Lipinski definition) is 5. The Labute approximate surface area is 351 Å². The van der Waals surface area contributed by atoms with Gasteiger partial charge in [-0.05, 0) is 61.9 Å². The Bertz CT molecular complexity index is 1600. The van der Waals surface area contributed by atoms with Gasteiger partial charge in [0.05, 0.1) is 25.5 Å². The van der Waals surface area contributed by atoms with Crippen LogP contribution in [0.1, 0.15) is 83.5 Å². The van der Waals surface area contributed by atoms with Gasteiger partial charge < -0.3 is 35.8 Å². The Morgan fingerprint density at radius 3 is 1.88 bits per heavy atom. The highest BCUT2D eigenvalue weighted by Gasteiger charge is 2.32. The van der Waals surface area contributed by atoms with Gasteiger partial charge in [0.2, 0.25) is 17.7 Å². The zero-order chi connectivity index (χ0) is 42.7. The van der Waals surface area contributed by atoms with Crippen molar-refractivity contribution in [2.24, 2.45) is 23.7 Å². The number of carbonyl (C=O) groups is 5. The van der Waals surface area contributed by atoms with Crippen LogP contribution >= 0.6 is 0 Å². The number of H-pyrrole nitrogens is 1. The molecule has 2 bridgehead atoms. The van der Waals surface area contributed by atoms with E-state index in [1.165, 1.54) is 0 Å². The largest absolute Gasteiger partial charge is 0.480 e. The van der Waals surface area contributed by atoms with Gasteiger partial charge in [-0.2, -0.15) is 0 Å². The van der Waals surface area contributed by atoms with Crippen molar-refractivity contribution in [1.82, 2.24) is 45.5 Å². The number of benzene rings is 1. The molecular weight excluding hydrogens is 751 g/mol. The van der Waals surface area contributed by atoms with Crippen molar-refractivity contribution in [1.29, 1.82) is 0 Å². The Balaban J connectivity index is 1.24. The lowest BCUT2D eigenvalue weighted by atomic mass is 9.86. The minimum Gasteiger partial charge on any atom is -0.480 e. The third-order valence-electron chi connectivity index (χ3n) is 11.8. The van der Waals surface area contributed by atoms with Crippen molar-refractivity contribution in [3.63, 3.8) is 0 Å². The molecule has 59 heavy (non-hydrogen) atoms. The third-order valence-corrected chi connectivity index (χ3v) is 11.8. The van der Waals surface area contributed by atoms with Crippen LogP contribution < -0.4 is 16.0 Å². The summed E-state index contributed by atoms with van der Waals surface area (Å²) >= 11 is 0. The van der Waals surface area contributed by atoms with Crippen LogP contribution in [0.5, 0.6) is 0 Å². The molecule has 1 aromatic carbocycles. The predicted molar refractivity (Wildman–Crippen MR) is 228 cm³/mol. The van der Waals surface area contributed by atoms with Crippen LogP contribution in [-0.2, 0) is 43.5 Å². The first-order valence-electron chi connectivity index (χ1n) is 21.8. The molecule has 1 aromatic heterocycles. The van der Waals surface area contributed by atoms with Crippen LogP contribution in [0.2, 0.25) is 0 Å². The van der Waals surface area contributed by atoms with E-state index in [-0.39, 0.29) is 54.2 Å². The van der Waals surface area contributed by atoms with Gasteiger partial charge in [-0.1, -0.05) is 65.3 Å². The van der Waals surface area contributed by atoms with Gasteiger partial charge in [0.25, 0.3) is 0 Å². The quantitative estimate of drug-likeness (QED) is 0.133. The van der Waals surface area contributed by atoms with Gasteiger partial charge in [-0.25, -0.2) is 4.98 Å². The molecule has 2 aliphatic rings. The van der Waals surface area contributed by atoms with Crippen LogP contribution in [0.4, 0.5) is 0 Å². The van der Waals surface area contributed by atoms with Gasteiger partial charge in [0, 0.05) is 95.5 Å². The molecule has 15 heteroatoms. The molecule has 0 saturated carbocycles. The summed E-state index contributed by atoms with van der Waals surface area (Å²) in [7, 11) is 0. The zero-order valence-corrected chi connectivity index (χ0v) is 36.2. The highest BCUT2D eigenvalue weighted by atomic mass is 16.4. The molecule has 0 spiro atoms. The van der Waals surface area contributed by atoms with E-state index < -0.39 is 17.9 Å². The van der Waals surface area contributed by atoms with Crippen LogP contribution in [0.3, 0.4) is 0 Å². The van der Waals surface area contributed by atoms with E-state index in [1.54, 1.807) is 12.5 Å². The Kier molecular flexibility index (Phi) is 20.0. The molecule has 5 N–H and O–H groups in total. The van der Waals surface area contributed by atoms with Crippen LogP contribution in [0.15, 0.2) is 36.8 Å². The summed E-state index contributed by atoms with van der Waals surface area (Å²) in [4.78, 5) is 81.1. The molecule has 2 aliphatic heterocycles. The standard InChI is InChI=1S/C44H71N9O6/c1-6-33(4)42(49-43(58)34(5)24-38-28-45-31-48-38)39(54)25-37(23-32(2)3)44(59)47-27-36-11-9-35(10-12-36)26-46-40(55)29-52-15-7-13-51-18-17-50(19-21-52)14-8-16-53(22-20-51)30-41(56)57/h9-12,28,31-34,37,42H,6-8,13-27,29-30H2,1-5H3,(H,45,48)(H,46,55)(H,47,59)(H,49,58)(H,56,57)/t33?,34-,37+,42-/m0/s1. The predicted octanol–water partition coefficient (Wildman–Crippen LogP) is 2.77. The fourth-order valence-corrected chi connectivity index (χ4v) is 7.97. The maximum atomic E-state index is 13.7. The van der Waals surface area contributed by atoms with E-state index >= 15 is 0 Å². The number of hydrogen-bond acceptors (Lipinski definition) is 10. The highest BCUT2D eigenvalue weighted by Crippen LogP contribution is 2.21. The van der Waals surface area contributed by atoms with E-state index in [2.05, 4.69) is 40.6 Å². The summed E-state index contributed by atoms with van der Waals surface area (Å²) in [5, 5.41) is 18.5. The number of ketones is 1. The Morgan fingerprint density at radius 2 is 1.34 bits per heavy atom. The summed E-state index contributed by atoms with van der Waals surface area (Å²) in [6, 6.07) is 7.14. The second-order valence-corrected chi connectivity index (χ2v) is 17.2. The maximum absolute atomic E-state index is 13.7. The second kappa shape index (κ2) is 24.8. The maximum Gasteiger partial charge on any atom is 0.317 e. The van der Waals surface area contributed by atoms with E-state index in [0.29, 0.717) is 38.9 Å². The monoisotopic (exact) mass is 822 g/mol. The Morgan fingerprint density at radius 1 is 0.763 bits per heavy atom. The number of rotatable bonds is 20. The number of nitrogens with one attached hydrogen (secondary N) is 4. The molecule has 3 unspecified atom stereocenters. The van der Waals surface area contributed by atoms with Gasteiger partial charge in [-0.15, -0.1) is 0 Å². The van der Waals surface area contributed by atoms with Crippen molar-refractivity contribution in [3.8, 4) is 0 Å². The van der Waals surface area contributed by atoms with Crippen molar-refractivity contribution in [3.05, 3.63) is 53.6 Å². The summed E-state index contributed by atoms with van der Waals surface area (Å²) in [5.41, 5.74) is 2.73. The molecule has 6 atom stereocenters. The number of carboxylic acids is 1. The number of carbonyl (C=O) groups excluding carboxylic acids is 4. The van der Waals surface area contributed by atoms with E-state index in [9.17, 15) is 29.1 Å². The van der Waals surface area contributed by atoms with Crippen LogP contribution in [0.25, 0.3) is 0 Å². The lowest BCUT2D eigenvalue weighted by Gasteiger charge is -2.35. The fourth-order valence-electron chi connectivity index (χ4n) is 7.97. The van der Waals surface area contributed by atoms with Gasteiger partial charge >= 0.3 is 5.97 Å². The first-order chi connectivity index (χ1) is 28.3. The molecule has 2 saturated heterocycles. The molecule has 4 rings (SSSR count). The third kappa shape index (κ3) is 17.1. The molecule has 0 radical (unpaired) electrons. The molecule has 328 valence electrons. The summed E-state index contributed by atoms with van der Waals surface area (Å²) in [5.74, 6) is -2.04. The number of amides is 3. The molecule has 2 fully saturated rings. The molecule has 3 amide bonds. The topological polar surface area (TPSA) is 183 Å². The highest BCUT2D eigenvalue weighted by molar-refractivity contribution is 5.93. The van der Waals surface area contributed by atoms with Gasteiger partial charge in [-0.3, -0.25) is 33.8 Å². The van der Waals surface area contributed by atoms with Crippen molar-refractivity contribution >= 4 is 29.5 Å². The number of carboxylic acid groups (broad SMARTS) is 1. The SMILES string of the molecule is CCC(C)[C@H](NC(=O)[C@@H](C)Cc1cnc[nH]1)C(=O)C[C@@H](CC(C)C)C(=O)NCc1ccc(CNC(=O)CN2CCCN3CCN(CCCN(CC(=O)O)CC3)CC2)cc1. The molecule has 2 aromatic rings. The number of fused-ring (bicyclic) bond motifs is 3. The lowest BCUT2D eigenvalue weighted by Crippen LogP contribution is -2.48. The molecule has 0 aliphatic carbocycles. The minimum absolute atomic E-state index is 0.0169. The number of nitrogens with zero attached hydrogens (tertiary/aromatic N) is 5. The van der Waals surface area contributed by atoms with Crippen molar-refractivity contribution in [2.45, 2.75) is 92.3 Å². The number of aromatic amines is 1. The first-order valence-corrected chi connectivity index (χ1v) is 21.8. The summed E-state index contributed by atoms with van der Waals surface area (Å²) in [6.45, 7) is 19.7. The number of aromatic nitrogens is 2. The van der Waals surface area contributed by atoms with Gasteiger partial charge in [0.15, 0.2) is 5.78 Å². The average Bonchev–Trinajstić information content (AvgIpc) is 3.72. The number of imidazole rings is 1. The normalized spacial score (nSPS) is 20.5. The molecule has 15 nitrogen and oxygen atoms in total. The molecule has 3 heterocycles. The average molecular weight is 822 g/mol. The van der Waals surface area contributed by atoms with E-state index in [1.807, 2.05) is 63.8 Å². The van der Waals surface area contributed by atoms with Gasteiger partial charge in [0.1, 0.15) is 0 Å². The van der Waals surface area contributed by atoms with Crippen LogP contribution in [-0.4, -0.2) is 149 Å². The number of aliphatic carboxylic acids is 1. The molecular formula is C44H71N9O6. The van der Waals surface area contributed by atoms with E-state index in [0.717, 1.165) is 95.1 Å². The fraction of sp³-hybridized carbons (Fsp3) is 0.682. The summed E-state index contributed by atoms with van der Waals surface area (Å²) in [6.07, 6.45) is 6.95. The smallest absolute Gasteiger partial charge is 0.317 e. The lowest BCUT2D eigenvalue weighted by molar-refractivity contribution is -0.138. The first kappa shape index (κ1) is 47.5. The van der Waals surface area contributed by atoms with Crippen molar-refractivity contribution < 1.29 is 29.1 Å². The van der Waals surface area contributed by atoms with E-state index in [4.69, 9.17) is 0 Å². The minimum atomic E-state index is -0.777. The van der Waals surface area contributed by atoms with Crippen LogP contribution in [0, 0.1) is 23.7 Å². The zero-order valence-electron chi connectivity index (χ0n) is 36.2. The summed E-state index contributed by atoms with van der Waals surface area (Å²) < 4.78 is 0. The van der Waals surface area contributed by atoms with Crippen molar-refractivity contribution in [2.75, 3.05) is 78.5 Å². The second-order valence-electron chi connectivity index (χ2n) is 17.2. The Hall–Kier alpha value is -4.18.